The molecule has 0 saturated heterocycles. The molecule has 0 aromatic heterocycles. The summed E-state index contributed by atoms with van der Waals surface area (Å²) in [7, 11) is 0.880. The quantitative estimate of drug-likeness (QED) is 0.0232. The highest BCUT2D eigenvalue weighted by Crippen LogP contribution is 2.08. The van der Waals surface area contributed by atoms with Gasteiger partial charge < -0.3 is 35.6 Å². The SMILES string of the molecule is C=C(C)C(=O)CC(=O)C[SiH2]C.C=C(C)C(=O)CCNC(=O)NC[SiH2]C.C=C(C)C(=O)CCOC(=O)NC[SiH2]C.C=C(C)C(=O)CCOC[SiH2]C.C=C(C)C(=O)C[SiH2]C.C=C(C)C(=O)C[SiH2]C.C=C(C)C(=O)NC[SiH2]C.C=C(Cl)C(=O)CC[SiH2]C.C=CC(=O)CCC(=O)SC[SiH2]C.C=CC(=O)C[SiH2]C.C=CC(=O)C[SiH2]C.C=CC(=O)N(C)C[SiH2]C. The van der Waals surface area contributed by atoms with Crippen LogP contribution >= 0.6 is 23.4 Å². The van der Waals surface area contributed by atoms with Gasteiger partial charge in [0.05, 0.1) is 18.1 Å². The Morgan fingerprint density at radius 1 is 0.387 bits per heavy atom. The number of rotatable bonds is 51. The molecule has 0 radical (unpaired) electrons. The minimum Gasteiger partial charge on any atom is -0.449 e. The average Bonchev–Trinajstić information content (AvgIpc) is 0.984. The first-order valence-electron chi connectivity index (χ1n) is 41.1. The van der Waals surface area contributed by atoms with Crippen molar-refractivity contribution in [3.63, 3.8) is 0 Å². The number of allylic oxidation sites excluding steroid dienone is 10. The van der Waals surface area contributed by atoms with E-state index >= 15 is 0 Å². The Bertz CT molecular complexity index is 2990. The van der Waals surface area contributed by atoms with Crippen molar-refractivity contribution in [3.8, 4) is 0 Å². The van der Waals surface area contributed by atoms with Crippen molar-refractivity contribution in [2.75, 3.05) is 63.1 Å². The number of ether oxygens (including phenoxy) is 2. The van der Waals surface area contributed by atoms with Crippen LogP contribution in [0.5, 0.6) is 0 Å². The lowest BCUT2D eigenvalue weighted by Crippen LogP contribution is -2.38. The predicted octanol–water partition coefficient (Wildman–Crippen LogP) is 6.09. The monoisotopic (exact) mass is 1910 g/mol. The number of carbonyl (C=O) groups is 16. The fourth-order valence-corrected chi connectivity index (χ4v) is 15.9. The summed E-state index contributed by atoms with van der Waals surface area (Å²) in [6, 6.07) is 4.63. The van der Waals surface area contributed by atoms with Crippen molar-refractivity contribution in [1.82, 2.24) is 26.2 Å². The normalized spacial score (nSPS) is 10.2. The summed E-state index contributed by atoms with van der Waals surface area (Å²) in [5, 5.41) is 12.0. The van der Waals surface area contributed by atoms with E-state index < -0.39 is 6.09 Å². The van der Waals surface area contributed by atoms with Gasteiger partial charge in [0.2, 0.25) is 11.8 Å². The van der Waals surface area contributed by atoms with E-state index in [0.717, 1.165) is 66.5 Å². The first-order chi connectivity index (χ1) is 55.7. The van der Waals surface area contributed by atoms with Crippen LogP contribution < -0.4 is 21.3 Å². The van der Waals surface area contributed by atoms with E-state index in [4.69, 9.17) is 21.1 Å². The van der Waals surface area contributed by atoms with E-state index in [0.29, 0.717) is 90.3 Å². The summed E-state index contributed by atoms with van der Waals surface area (Å²) in [4.78, 5) is 174. The molecule has 0 saturated carbocycles. The zero-order chi connectivity index (χ0) is 95.3. The Morgan fingerprint density at radius 3 is 1.12 bits per heavy atom. The fourth-order valence-electron chi connectivity index (χ4n) is 6.51. The Kier molecular flexibility index (Phi) is 123. The summed E-state index contributed by atoms with van der Waals surface area (Å²) in [6.45, 7) is 80.0. The van der Waals surface area contributed by atoms with E-state index in [1.165, 1.54) is 36.1 Å². The van der Waals surface area contributed by atoms with E-state index in [1.807, 2.05) is 0 Å². The second-order valence-electron chi connectivity index (χ2n) is 26.5. The molecule has 119 heavy (non-hydrogen) atoms. The molecule has 0 rings (SSSR count). The second kappa shape index (κ2) is 106. The Labute approximate surface area is 755 Å². The highest BCUT2D eigenvalue weighted by molar-refractivity contribution is 8.14. The number of hydrogen-bond acceptors (Lipinski definition) is 19. The molecule has 37 heteroatoms. The topological polar surface area (TPSA) is 343 Å². The molecule has 0 aliphatic rings. The van der Waals surface area contributed by atoms with Crippen molar-refractivity contribution < 1.29 is 86.2 Å². The third-order valence-corrected chi connectivity index (χ3v) is 26.8. The van der Waals surface area contributed by atoms with Crippen LogP contribution in [-0.2, 0) is 76.6 Å². The van der Waals surface area contributed by atoms with Crippen molar-refractivity contribution in [2.45, 2.75) is 208 Å². The van der Waals surface area contributed by atoms with E-state index in [1.54, 1.807) is 60.4 Å². The van der Waals surface area contributed by atoms with Crippen LogP contribution in [0.2, 0.25) is 115 Å². The molecular formula is C82H160ClN5O18SSi12. The Morgan fingerprint density at radius 2 is 0.790 bits per heavy atom. The summed E-state index contributed by atoms with van der Waals surface area (Å²) < 4.78 is 9.98. The molecular weight excluding hydrogens is 1750 g/mol. The highest BCUT2D eigenvalue weighted by atomic mass is 35.5. The molecule has 0 heterocycles. The van der Waals surface area contributed by atoms with Gasteiger partial charge >= 0.3 is 12.1 Å². The standard InChI is InChI=1S/C9H18N2O2Si.C9H17NO3Si.C8H14O2SSi.C8H14O2Si.C8H16O2Si.C6H11ClOSi.2C6H13NOSi.2C6H12OSi.2C5H10OSi/c1-7(2)8(12)4-5-10-9(13)11-6-14-3;1-7(2)8(11)4-5-13-9(12)10-6-14-3;1-3-7(9)4-5-8(10)11-6-12-2;1-6(2)8(10)4-7(9)5-11-3;1-7(2)8(9)4-5-10-6-11-3;1-5(7)6(8)3-4-9-2;1-5(2)6(8)7-4-9-3;1-4-6(8)7(2)5-9-3;2*1-5(2)6(7)4-8-3;2*1-3-5(6)4-7-2/h1,4-6,14H2,2-3H3,(H2,10,11,13);1,4-6,14H2,2-3H3,(H,10,12);3H,1,4-6,12H2,2H3;1,4-5,11H2,2-3H3;1,4-6,11H2,2-3H3;1,3-4,9H2,2H3;1,4,9H2,2-3H3,(H,7,8);4H,1,5,9H2,2-3H3;2*1,4,8H2,2-3H3;2*3H,1,4,7H2,2H3. The van der Waals surface area contributed by atoms with E-state index in [-0.39, 0.29) is 225 Å². The van der Waals surface area contributed by atoms with Gasteiger partial charge in [-0.15, -0.1) is 0 Å². The zero-order valence-electron chi connectivity index (χ0n) is 77.4. The Balaban J connectivity index is -0.000000106. The number of urea groups is 1. The van der Waals surface area contributed by atoms with Crippen LogP contribution in [-0.4, -0.2) is 275 Å². The Hall–Kier alpha value is -6.40. The number of likely N-dealkylation sites (N-methyl/N-ethyl adjacent to an activating group) is 1. The van der Waals surface area contributed by atoms with Gasteiger partial charge in [-0.2, -0.15) is 0 Å². The van der Waals surface area contributed by atoms with Crippen LogP contribution in [0.25, 0.3) is 0 Å². The van der Waals surface area contributed by atoms with Crippen LogP contribution in [0.15, 0.2) is 147 Å². The number of amides is 5. The molecule has 0 spiro atoms. The molecule has 0 atom stereocenters. The molecule has 0 aromatic rings. The molecule has 0 aromatic carbocycles. The lowest BCUT2D eigenvalue weighted by atomic mass is 10.1. The van der Waals surface area contributed by atoms with Gasteiger partial charge in [-0.1, -0.05) is 187 Å². The van der Waals surface area contributed by atoms with Gasteiger partial charge in [0.1, 0.15) is 12.4 Å². The lowest BCUT2D eigenvalue weighted by molar-refractivity contribution is -0.125. The van der Waals surface area contributed by atoms with Gasteiger partial charge in [-0.05, 0) is 142 Å². The smallest absolute Gasteiger partial charge is 0.406 e. The van der Waals surface area contributed by atoms with Crippen molar-refractivity contribution >= 4 is 230 Å². The third-order valence-electron chi connectivity index (χ3n) is 13.6. The van der Waals surface area contributed by atoms with Gasteiger partial charge in [0.15, 0.2) is 62.9 Å². The maximum atomic E-state index is 11.1. The van der Waals surface area contributed by atoms with Crippen LogP contribution in [0.1, 0.15) is 93.4 Å². The van der Waals surface area contributed by atoms with Gasteiger partial charge in [-0.3, -0.25) is 67.1 Å². The first-order valence-corrected chi connectivity index (χ1v) is 71.5. The zero-order valence-corrected chi connectivity index (χ0v) is 96.0. The van der Waals surface area contributed by atoms with Crippen LogP contribution in [0.4, 0.5) is 9.59 Å². The molecule has 0 bridgehead atoms. The molecule has 5 amide bonds. The molecule has 23 nitrogen and oxygen atoms in total. The summed E-state index contributed by atoms with van der Waals surface area (Å²) in [5.41, 5.74) is 4.15. The number of nitrogens with zero attached hydrogens (tertiary/aromatic N) is 1. The number of halogens is 1. The fraction of sp³-hybridized carbons (Fsp3) is 0.512. The predicted molar refractivity (Wildman–Crippen MR) is 548 cm³/mol. The molecule has 0 fully saturated rings. The van der Waals surface area contributed by atoms with Crippen molar-refractivity contribution in [2.24, 2.45) is 0 Å². The minimum absolute atomic E-state index is 0.00448. The van der Waals surface area contributed by atoms with Gasteiger partial charge in [0.25, 0.3) is 0 Å². The van der Waals surface area contributed by atoms with Crippen molar-refractivity contribution in [3.05, 3.63) is 147 Å². The van der Waals surface area contributed by atoms with Gasteiger partial charge in [-0.25, -0.2) is 9.59 Å². The highest BCUT2D eigenvalue weighted by Gasteiger charge is 2.11. The average molecular weight is 1910 g/mol. The molecule has 4 N–H and O–H groups in total. The molecule has 0 aliphatic carbocycles. The summed E-state index contributed by atoms with van der Waals surface area (Å²) in [6.07, 6.45) is 11.6. The number of alkyl carbamates (subject to hydrolysis) is 1. The number of Topliss-reactive ketones (excluding diaryl/α,β-unsaturated/α-hetero) is 8. The number of thioether (sulfide) groups is 1. The second-order valence-corrected chi connectivity index (χ2v) is 46.9. The largest absolute Gasteiger partial charge is 0.449 e. The lowest BCUT2D eigenvalue weighted by Gasteiger charge is -2.12. The van der Waals surface area contributed by atoms with Crippen LogP contribution in [0, 0.1) is 0 Å². The van der Waals surface area contributed by atoms with Crippen LogP contribution in [0.3, 0.4) is 0 Å². The van der Waals surface area contributed by atoms with E-state index in [2.05, 4.69) is 179 Å². The van der Waals surface area contributed by atoms with E-state index in [9.17, 15) is 76.7 Å². The third kappa shape index (κ3) is 127. The minimum atomic E-state index is -0.436. The maximum Gasteiger partial charge on any atom is 0.406 e. The number of nitrogens with one attached hydrogen (secondary N) is 4. The summed E-state index contributed by atoms with van der Waals surface area (Å²) in [5.74, 6) is 0.893. The number of hydrogen-bond donors (Lipinski definition) is 4. The number of ketones is 11. The van der Waals surface area contributed by atoms with Gasteiger partial charge in [0, 0.05) is 203 Å². The molecule has 0 unspecified atom stereocenters. The molecule has 682 valence electrons. The van der Waals surface area contributed by atoms with Crippen molar-refractivity contribution in [1.29, 1.82) is 0 Å². The first kappa shape index (κ1) is 139. The maximum absolute atomic E-state index is 11.1. The summed E-state index contributed by atoms with van der Waals surface area (Å²) >= 11 is 6.70. The molecule has 0 aliphatic heterocycles. The number of carbonyl (C=O) groups excluding carboxylic acids is 16.